The quantitative estimate of drug-likeness (QED) is 0.631. The highest BCUT2D eigenvalue weighted by Gasteiger charge is 2.19. The first-order chi connectivity index (χ1) is 9.04. The van der Waals surface area contributed by atoms with Crippen LogP contribution < -0.4 is 5.32 Å². The van der Waals surface area contributed by atoms with Crippen molar-refractivity contribution in [1.82, 2.24) is 5.32 Å². The van der Waals surface area contributed by atoms with Gasteiger partial charge in [0.2, 0.25) is 0 Å². The lowest BCUT2D eigenvalue weighted by Crippen LogP contribution is -2.31. The second-order valence-corrected chi connectivity index (χ2v) is 4.20. The van der Waals surface area contributed by atoms with E-state index in [0.717, 1.165) is 5.56 Å². The van der Waals surface area contributed by atoms with Crippen molar-refractivity contribution < 1.29 is 14.3 Å². The fourth-order valence-electron chi connectivity index (χ4n) is 1.64. The SMILES string of the molecule is C=C(C(=O)NCc1ccccc1)[C@@H](CC)OC(C)=O. The minimum absolute atomic E-state index is 0.272. The Hall–Kier alpha value is -2.10. The second-order valence-electron chi connectivity index (χ2n) is 4.20. The van der Waals surface area contributed by atoms with Gasteiger partial charge in [-0.2, -0.15) is 0 Å². The molecule has 1 rings (SSSR count). The van der Waals surface area contributed by atoms with Gasteiger partial charge in [-0.15, -0.1) is 0 Å². The molecule has 0 heterocycles. The van der Waals surface area contributed by atoms with Crippen molar-refractivity contribution in [1.29, 1.82) is 0 Å². The Morgan fingerprint density at radius 1 is 1.32 bits per heavy atom. The predicted octanol–water partition coefficient (Wildman–Crippen LogP) is 2.20. The Morgan fingerprint density at radius 3 is 2.47 bits per heavy atom. The van der Waals surface area contributed by atoms with E-state index in [1.165, 1.54) is 6.92 Å². The van der Waals surface area contributed by atoms with Crippen LogP contribution >= 0.6 is 0 Å². The Labute approximate surface area is 113 Å². The van der Waals surface area contributed by atoms with Crippen LogP contribution in [0.1, 0.15) is 25.8 Å². The Balaban J connectivity index is 2.52. The lowest BCUT2D eigenvalue weighted by atomic mass is 10.1. The molecule has 0 unspecified atom stereocenters. The van der Waals surface area contributed by atoms with Crippen molar-refractivity contribution in [3.05, 3.63) is 48.0 Å². The average Bonchev–Trinajstić information content (AvgIpc) is 2.42. The van der Waals surface area contributed by atoms with E-state index in [1.807, 2.05) is 37.3 Å². The van der Waals surface area contributed by atoms with Crippen molar-refractivity contribution in [2.24, 2.45) is 0 Å². The van der Waals surface area contributed by atoms with Crippen LogP contribution in [0.4, 0.5) is 0 Å². The van der Waals surface area contributed by atoms with Crippen LogP contribution in [-0.2, 0) is 20.9 Å². The number of rotatable bonds is 6. The zero-order valence-corrected chi connectivity index (χ0v) is 11.3. The van der Waals surface area contributed by atoms with Crippen molar-refractivity contribution in [2.75, 3.05) is 0 Å². The average molecular weight is 261 g/mol. The van der Waals surface area contributed by atoms with Gasteiger partial charge < -0.3 is 10.1 Å². The molecule has 0 fully saturated rings. The van der Waals surface area contributed by atoms with Gasteiger partial charge >= 0.3 is 5.97 Å². The smallest absolute Gasteiger partial charge is 0.303 e. The number of amides is 1. The summed E-state index contributed by atoms with van der Waals surface area (Å²) in [6.07, 6.45) is -0.0368. The Morgan fingerprint density at radius 2 is 1.95 bits per heavy atom. The second kappa shape index (κ2) is 7.36. The minimum Gasteiger partial charge on any atom is -0.457 e. The van der Waals surface area contributed by atoms with Crippen LogP contribution in [0.3, 0.4) is 0 Å². The monoisotopic (exact) mass is 261 g/mol. The summed E-state index contributed by atoms with van der Waals surface area (Å²) in [5.41, 5.74) is 1.28. The van der Waals surface area contributed by atoms with Crippen LogP contribution in [0, 0.1) is 0 Å². The van der Waals surface area contributed by atoms with Crippen LogP contribution in [0.15, 0.2) is 42.5 Å². The van der Waals surface area contributed by atoms with Gasteiger partial charge in [-0.1, -0.05) is 43.8 Å². The first-order valence-electron chi connectivity index (χ1n) is 6.22. The van der Waals surface area contributed by atoms with Crippen LogP contribution in [0.25, 0.3) is 0 Å². The number of nitrogens with one attached hydrogen (secondary N) is 1. The lowest BCUT2D eigenvalue weighted by molar-refractivity contribution is -0.145. The molecule has 0 aliphatic carbocycles. The largest absolute Gasteiger partial charge is 0.457 e. The van der Waals surface area contributed by atoms with E-state index in [-0.39, 0.29) is 11.5 Å². The Kier molecular flexibility index (Phi) is 5.79. The summed E-state index contributed by atoms with van der Waals surface area (Å²) in [7, 11) is 0. The number of esters is 1. The minimum atomic E-state index is -0.562. The Bertz CT molecular complexity index is 454. The molecule has 1 aromatic rings. The number of benzene rings is 1. The third-order valence-electron chi connectivity index (χ3n) is 2.66. The van der Waals surface area contributed by atoms with Crippen LogP contribution in [-0.4, -0.2) is 18.0 Å². The van der Waals surface area contributed by atoms with Crippen LogP contribution in [0.2, 0.25) is 0 Å². The summed E-state index contributed by atoms with van der Waals surface area (Å²) in [5, 5.41) is 2.76. The predicted molar refractivity (Wildman–Crippen MR) is 73.3 cm³/mol. The summed E-state index contributed by atoms with van der Waals surface area (Å²) in [6.45, 7) is 7.28. The fourth-order valence-corrected chi connectivity index (χ4v) is 1.64. The molecular formula is C15H19NO3. The lowest BCUT2D eigenvalue weighted by Gasteiger charge is -2.17. The van der Waals surface area contributed by atoms with Crippen molar-refractivity contribution in [3.8, 4) is 0 Å². The maximum Gasteiger partial charge on any atom is 0.303 e. The van der Waals surface area contributed by atoms with Gasteiger partial charge in [0.15, 0.2) is 0 Å². The molecule has 0 spiro atoms. The summed E-state index contributed by atoms with van der Waals surface area (Å²) in [5.74, 6) is -0.708. The fraction of sp³-hybridized carbons (Fsp3) is 0.333. The molecule has 0 saturated carbocycles. The number of carbonyl (C=O) groups is 2. The molecule has 4 nitrogen and oxygen atoms in total. The van der Waals surface area contributed by atoms with E-state index in [0.29, 0.717) is 13.0 Å². The van der Waals surface area contributed by atoms with Gasteiger partial charge in [0.1, 0.15) is 6.10 Å². The van der Waals surface area contributed by atoms with Gasteiger partial charge in [0, 0.05) is 13.5 Å². The van der Waals surface area contributed by atoms with Crippen molar-refractivity contribution >= 4 is 11.9 Å². The molecular weight excluding hydrogens is 242 g/mol. The van der Waals surface area contributed by atoms with E-state index in [4.69, 9.17) is 4.74 Å². The van der Waals surface area contributed by atoms with Crippen molar-refractivity contribution in [3.63, 3.8) is 0 Å². The molecule has 0 aliphatic heterocycles. The number of hydrogen-bond donors (Lipinski definition) is 1. The molecule has 1 atom stereocenters. The zero-order chi connectivity index (χ0) is 14.3. The molecule has 1 N–H and O–H groups in total. The zero-order valence-electron chi connectivity index (χ0n) is 11.3. The summed E-state index contributed by atoms with van der Waals surface area (Å²) >= 11 is 0. The van der Waals surface area contributed by atoms with Gasteiger partial charge in [-0.3, -0.25) is 9.59 Å². The number of carbonyl (C=O) groups excluding carboxylic acids is 2. The molecule has 1 amide bonds. The molecule has 0 saturated heterocycles. The highest BCUT2D eigenvalue weighted by Crippen LogP contribution is 2.10. The van der Waals surface area contributed by atoms with Gasteiger partial charge in [-0.25, -0.2) is 0 Å². The van der Waals surface area contributed by atoms with E-state index >= 15 is 0 Å². The third-order valence-corrected chi connectivity index (χ3v) is 2.66. The number of ether oxygens (including phenoxy) is 1. The van der Waals surface area contributed by atoms with Crippen molar-refractivity contribution in [2.45, 2.75) is 32.9 Å². The normalized spacial score (nSPS) is 11.5. The van der Waals surface area contributed by atoms with E-state index in [1.54, 1.807) is 0 Å². The topological polar surface area (TPSA) is 55.4 Å². The molecule has 0 aromatic heterocycles. The third kappa shape index (κ3) is 4.95. The molecule has 19 heavy (non-hydrogen) atoms. The first kappa shape index (κ1) is 15.0. The van der Waals surface area contributed by atoms with Gasteiger partial charge in [0.25, 0.3) is 5.91 Å². The number of hydrogen-bond acceptors (Lipinski definition) is 3. The van der Waals surface area contributed by atoms with E-state index in [9.17, 15) is 9.59 Å². The molecule has 4 heteroatoms. The van der Waals surface area contributed by atoms with E-state index < -0.39 is 12.1 Å². The molecule has 0 radical (unpaired) electrons. The summed E-state index contributed by atoms with van der Waals surface area (Å²) in [6, 6.07) is 9.57. The summed E-state index contributed by atoms with van der Waals surface area (Å²) in [4.78, 5) is 22.8. The highest BCUT2D eigenvalue weighted by molar-refractivity contribution is 5.94. The van der Waals surface area contributed by atoms with Gasteiger partial charge in [0.05, 0.1) is 5.57 Å². The maximum absolute atomic E-state index is 11.9. The van der Waals surface area contributed by atoms with Gasteiger partial charge in [-0.05, 0) is 12.0 Å². The molecule has 0 aliphatic rings. The first-order valence-corrected chi connectivity index (χ1v) is 6.22. The summed E-state index contributed by atoms with van der Waals surface area (Å²) < 4.78 is 5.04. The standard InChI is InChI=1S/C15H19NO3/c1-4-14(19-12(3)17)11(2)15(18)16-10-13-8-6-5-7-9-13/h5-9,14H,2,4,10H2,1,3H3,(H,16,18)/t14-/m1/s1. The molecule has 102 valence electrons. The maximum atomic E-state index is 11.9. The molecule has 1 aromatic carbocycles. The van der Waals surface area contributed by atoms with E-state index in [2.05, 4.69) is 11.9 Å². The molecule has 0 bridgehead atoms. The highest BCUT2D eigenvalue weighted by atomic mass is 16.5. The van der Waals surface area contributed by atoms with Crippen LogP contribution in [0.5, 0.6) is 0 Å².